The Kier molecular flexibility index (Phi) is 8.87. The predicted molar refractivity (Wildman–Crippen MR) is 257 cm³/mol. The SMILES string of the molecule is c1ccc(N(c2ccc(-c3cccc(-c4ccc(N(c5ccccc5)c5cc6ccccc6c6ccccc56)cc4)c3)cc2)c2cc3ccccc3c3ccccc23)cc1. The second-order valence-electron chi connectivity index (χ2n) is 15.3. The molecule has 0 spiro atoms. The maximum absolute atomic E-state index is 2.38. The number of hydrogen-bond acceptors (Lipinski definition) is 2. The molecular formula is C58H40N2. The second-order valence-corrected chi connectivity index (χ2v) is 15.3. The maximum Gasteiger partial charge on any atom is 0.0546 e. The Labute approximate surface area is 350 Å². The molecule has 11 rings (SSSR count). The molecule has 2 heteroatoms. The highest BCUT2D eigenvalue weighted by Gasteiger charge is 2.19. The van der Waals surface area contributed by atoms with Crippen LogP contribution in [0.2, 0.25) is 0 Å². The molecule has 0 aliphatic heterocycles. The van der Waals surface area contributed by atoms with Gasteiger partial charge in [-0.1, -0.05) is 176 Å². The number of para-hydroxylation sites is 2. The van der Waals surface area contributed by atoms with E-state index in [1.807, 2.05) is 0 Å². The lowest BCUT2D eigenvalue weighted by atomic mass is 9.97. The topological polar surface area (TPSA) is 6.48 Å². The summed E-state index contributed by atoms with van der Waals surface area (Å²) in [5, 5.41) is 9.93. The number of fused-ring (bicyclic) bond motifs is 6. The highest BCUT2D eigenvalue weighted by Crippen LogP contribution is 2.44. The molecule has 0 bridgehead atoms. The normalized spacial score (nSPS) is 11.3. The van der Waals surface area contributed by atoms with E-state index in [0.29, 0.717) is 0 Å². The van der Waals surface area contributed by atoms with Crippen LogP contribution in [0.4, 0.5) is 34.1 Å². The van der Waals surface area contributed by atoms with E-state index in [1.54, 1.807) is 0 Å². The summed E-state index contributed by atoms with van der Waals surface area (Å²) in [4.78, 5) is 4.77. The van der Waals surface area contributed by atoms with Crippen LogP contribution in [-0.2, 0) is 0 Å². The van der Waals surface area contributed by atoms with Gasteiger partial charge in [0.25, 0.3) is 0 Å². The van der Waals surface area contributed by atoms with Crippen molar-refractivity contribution in [2.75, 3.05) is 9.80 Å². The molecule has 0 radical (unpaired) electrons. The molecule has 0 N–H and O–H groups in total. The van der Waals surface area contributed by atoms with Gasteiger partial charge in [0.05, 0.1) is 11.4 Å². The third-order valence-corrected chi connectivity index (χ3v) is 11.8. The maximum atomic E-state index is 2.38. The Morgan fingerprint density at radius 3 is 0.950 bits per heavy atom. The number of nitrogens with zero attached hydrogens (tertiary/aromatic N) is 2. The van der Waals surface area contributed by atoms with Crippen LogP contribution in [0.1, 0.15) is 0 Å². The Bertz CT molecular complexity index is 3080. The van der Waals surface area contributed by atoms with Crippen molar-refractivity contribution in [1.29, 1.82) is 0 Å². The third-order valence-electron chi connectivity index (χ3n) is 11.8. The first kappa shape index (κ1) is 35.2. The molecule has 60 heavy (non-hydrogen) atoms. The van der Waals surface area contributed by atoms with E-state index in [4.69, 9.17) is 0 Å². The Balaban J connectivity index is 0.946. The zero-order chi connectivity index (χ0) is 39.8. The van der Waals surface area contributed by atoms with Crippen LogP contribution >= 0.6 is 0 Å². The molecule has 0 saturated heterocycles. The summed E-state index contributed by atoms with van der Waals surface area (Å²) in [6.07, 6.45) is 0. The van der Waals surface area contributed by atoms with Crippen molar-refractivity contribution in [2.45, 2.75) is 0 Å². The summed E-state index contributed by atoms with van der Waals surface area (Å²) in [5.41, 5.74) is 11.5. The minimum absolute atomic E-state index is 1.11. The van der Waals surface area contributed by atoms with E-state index in [2.05, 4.69) is 252 Å². The van der Waals surface area contributed by atoms with Crippen LogP contribution in [-0.4, -0.2) is 0 Å². The molecule has 11 aromatic rings. The average Bonchev–Trinajstić information content (AvgIpc) is 3.33. The Morgan fingerprint density at radius 2 is 0.533 bits per heavy atom. The summed E-state index contributed by atoms with van der Waals surface area (Å²) < 4.78 is 0. The van der Waals surface area contributed by atoms with Crippen LogP contribution in [0.3, 0.4) is 0 Å². The van der Waals surface area contributed by atoms with Crippen molar-refractivity contribution in [3.8, 4) is 22.3 Å². The minimum atomic E-state index is 1.11. The number of anilines is 6. The highest BCUT2D eigenvalue weighted by molar-refractivity contribution is 6.15. The fourth-order valence-corrected chi connectivity index (χ4v) is 8.93. The molecule has 0 aromatic heterocycles. The van der Waals surface area contributed by atoms with Gasteiger partial charge in [0.2, 0.25) is 0 Å². The highest BCUT2D eigenvalue weighted by atomic mass is 15.1. The summed E-state index contributed by atoms with van der Waals surface area (Å²) in [5.74, 6) is 0. The molecule has 0 amide bonds. The van der Waals surface area contributed by atoms with E-state index in [1.165, 1.54) is 65.3 Å². The summed E-state index contributed by atoms with van der Waals surface area (Å²) in [6, 6.07) is 87.8. The van der Waals surface area contributed by atoms with E-state index < -0.39 is 0 Å². The van der Waals surface area contributed by atoms with Crippen molar-refractivity contribution in [1.82, 2.24) is 0 Å². The van der Waals surface area contributed by atoms with Crippen LogP contribution in [0.25, 0.3) is 65.3 Å². The minimum Gasteiger partial charge on any atom is -0.310 e. The molecule has 0 saturated carbocycles. The van der Waals surface area contributed by atoms with Gasteiger partial charge in [-0.3, -0.25) is 0 Å². The fraction of sp³-hybridized carbons (Fsp3) is 0. The van der Waals surface area contributed by atoms with Crippen LogP contribution in [0, 0.1) is 0 Å². The Morgan fingerprint density at radius 1 is 0.200 bits per heavy atom. The van der Waals surface area contributed by atoms with E-state index >= 15 is 0 Å². The van der Waals surface area contributed by atoms with Gasteiger partial charge in [0, 0.05) is 33.5 Å². The summed E-state index contributed by atoms with van der Waals surface area (Å²) in [7, 11) is 0. The van der Waals surface area contributed by atoms with Crippen molar-refractivity contribution in [2.24, 2.45) is 0 Å². The largest absolute Gasteiger partial charge is 0.310 e. The molecule has 2 nitrogen and oxygen atoms in total. The molecule has 11 aromatic carbocycles. The molecular weight excluding hydrogens is 725 g/mol. The average molecular weight is 765 g/mol. The molecule has 0 atom stereocenters. The molecule has 0 fully saturated rings. The van der Waals surface area contributed by atoms with E-state index in [0.717, 1.165) is 34.1 Å². The van der Waals surface area contributed by atoms with Gasteiger partial charge in [0.1, 0.15) is 0 Å². The van der Waals surface area contributed by atoms with Gasteiger partial charge in [-0.05, 0) is 121 Å². The van der Waals surface area contributed by atoms with Crippen LogP contribution in [0.5, 0.6) is 0 Å². The lowest BCUT2D eigenvalue weighted by Gasteiger charge is -2.28. The molecule has 0 unspecified atom stereocenters. The first-order valence-corrected chi connectivity index (χ1v) is 20.6. The first-order chi connectivity index (χ1) is 29.8. The second kappa shape index (κ2) is 15.1. The van der Waals surface area contributed by atoms with Gasteiger partial charge in [-0.15, -0.1) is 0 Å². The zero-order valence-corrected chi connectivity index (χ0v) is 33.0. The third kappa shape index (κ3) is 6.32. The van der Waals surface area contributed by atoms with E-state index in [-0.39, 0.29) is 0 Å². The van der Waals surface area contributed by atoms with Gasteiger partial charge in [-0.2, -0.15) is 0 Å². The van der Waals surface area contributed by atoms with Crippen LogP contribution in [0.15, 0.2) is 243 Å². The van der Waals surface area contributed by atoms with Crippen molar-refractivity contribution in [3.63, 3.8) is 0 Å². The monoisotopic (exact) mass is 764 g/mol. The zero-order valence-electron chi connectivity index (χ0n) is 33.0. The lowest BCUT2D eigenvalue weighted by Crippen LogP contribution is -2.10. The number of hydrogen-bond donors (Lipinski definition) is 0. The number of benzene rings is 11. The first-order valence-electron chi connectivity index (χ1n) is 20.6. The quantitative estimate of drug-likeness (QED) is 0.142. The standard InChI is InChI=1S/C58H40N2/c1-3-20-47(21-4-1)59(57-39-45-16-7-9-24-51(45)53-26-11-13-28-55(53)57)49-34-30-41(31-35-49)43-18-15-19-44(38-43)42-32-36-50(37-33-42)60(48-22-5-2-6-23-48)58-40-46-17-8-10-25-52(46)54-27-12-14-29-56(54)58/h1-40H. The van der Waals surface area contributed by atoms with Gasteiger partial charge in [-0.25, -0.2) is 0 Å². The van der Waals surface area contributed by atoms with Crippen molar-refractivity contribution < 1.29 is 0 Å². The number of rotatable bonds is 8. The van der Waals surface area contributed by atoms with Gasteiger partial charge < -0.3 is 9.80 Å². The van der Waals surface area contributed by atoms with Crippen molar-refractivity contribution in [3.05, 3.63) is 243 Å². The molecule has 0 aliphatic rings. The van der Waals surface area contributed by atoms with Crippen LogP contribution < -0.4 is 9.80 Å². The van der Waals surface area contributed by atoms with E-state index in [9.17, 15) is 0 Å². The molecule has 0 heterocycles. The molecule has 282 valence electrons. The lowest BCUT2D eigenvalue weighted by molar-refractivity contribution is 1.30. The van der Waals surface area contributed by atoms with Gasteiger partial charge >= 0.3 is 0 Å². The fourth-order valence-electron chi connectivity index (χ4n) is 8.93. The smallest absolute Gasteiger partial charge is 0.0546 e. The molecule has 0 aliphatic carbocycles. The predicted octanol–water partition coefficient (Wildman–Crippen LogP) is 16.6. The van der Waals surface area contributed by atoms with Crippen molar-refractivity contribution >= 4 is 77.2 Å². The Hall–Kier alpha value is -7.94. The van der Waals surface area contributed by atoms with Gasteiger partial charge in [0.15, 0.2) is 0 Å². The summed E-state index contributed by atoms with van der Waals surface area (Å²) >= 11 is 0. The summed E-state index contributed by atoms with van der Waals surface area (Å²) in [6.45, 7) is 0.